The maximum atomic E-state index is 11.1. The molecule has 1 aliphatic rings. The van der Waals surface area contributed by atoms with E-state index in [1.54, 1.807) is 6.20 Å². The number of aromatic nitrogens is 2. The zero-order valence-corrected chi connectivity index (χ0v) is 11.8. The molecular weight excluding hydrogens is 242 g/mol. The smallest absolute Gasteiger partial charge is 0.268 e. The van der Waals surface area contributed by atoms with Crippen molar-refractivity contribution < 1.29 is 4.79 Å². The molecule has 0 aliphatic carbocycles. The normalized spacial score (nSPS) is 23.5. The molecule has 1 aliphatic heterocycles. The molecule has 0 saturated carbocycles. The number of amides is 1. The van der Waals surface area contributed by atoms with E-state index in [9.17, 15) is 4.79 Å². The highest BCUT2D eigenvalue weighted by atomic mass is 16.1. The summed E-state index contributed by atoms with van der Waals surface area (Å²) in [4.78, 5) is 23.8. The number of nitrogens with two attached hydrogens (primary N) is 1. The standard InChI is InChI=1S/C13H21N5O/c1-13(4-5-17(2)8-13)9-18(3)11-7-15-6-10(16-11)12(14)19/h6-7H,4-5,8-9H2,1-3H3,(H2,14,19)/t13-/m1/s1. The van der Waals surface area contributed by atoms with Crippen molar-refractivity contribution in [1.29, 1.82) is 0 Å². The Kier molecular flexibility index (Phi) is 3.71. The second kappa shape index (κ2) is 5.13. The predicted molar refractivity (Wildman–Crippen MR) is 74.0 cm³/mol. The minimum Gasteiger partial charge on any atom is -0.364 e. The predicted octanol–water partition coefficient (Wildman–Crippen LogP) is 0.354. The Labute approximate surface area is 113 Å². The van der Waals surface area contributed by atoms with E-state index in [0.717, 1.165) is 26.1 Å². The van der Waals surface area contributed by atoms with Crippen LogP contribution in [0.5, 0.6) is 0 Å². The average Bonchev–Trinajstić information content (AvgIpc) is 2.69. The van der Waals surface area contributed by atoms with Crippen molar-refractivity contribution in [1.82, 2.24) is 14.9 Å². The SMILES string of the molecule is CN1CC[C@@](C)(CN(C)c2cncc(C(N)=O)n2)C1. The van der Waals surface area contributed by atoms with Gasteiger partial charge >= 0.3 is 0 Å². The van der Waals surface area contributed by atoms with Crippen molar-refractivity contribution in [3.63, 3.8) is 0 Å². The first-order valence-corrected chi connectivity index (χ1v) is 6.41. The Balaban J connectivity index is 2.09. The largest absolute Gasteiger partial charge is 0.364 e. The van der Waals surface area contributed by atoms with Crippen LogP contribution in [0, 0.1) is 5.41 Å². The van der Waals surface area contributed by atoms with Crippen LogP contribution in [0.3, 0.4) is 0 Å². The van der Waals surface area contributed by atoms with Gasteiger partial charge < -0.3 is 15.5 Å². The number of hydrogen-bond donors (Lipinski definition) is 1. The molecule has 2 rings (SSSR count). The van der Waals surface area contributed by atoms with Gasteiger partial charge in [-0.2, -0.15) is 0 Å². The summed E-state index contributed by atoms with van der Waals surface area (Å²) < 4.78 is 0. The highest BCUT2D eigenvalue weighted by molar-refractivity contribution is 5.90. The molecule has 1 fully saturated rings. The van der Waals surface area contributed by atoms with Crippen molar-refractivity contribution in [2.45, 2.75) is 13.3 Å². The molecule has 6 nitrogen and oxygen atoms in total. The Morgan fingerprint density at radius 1 is 1.58 bits per heavy atom. The molecule has 104 valence electrons. The summed E-state index contributed by atoms with van der Waals surface area (Å²) in [5.74, 6) is 0.140. The van der Waals surface area contributed by atoms with Crippen molar-refractivity contribution in [2.75, 3.05) is 38.6 Å². The molecule has 0 bridgehead atoms. The summed E-state index contributed by atoms with van der Waals surface area (Å²) in [6.07, 6.45) is 4.22. The lowest BCUT2D eigenvalue weighted by atomic mass is 9.89. The highest BCUT2D eigenvalue weighted by Gasteiger charge is 2.33. The van der Waals surface area contributed by atoms with Gasteiger partial charge in [0.25, 0.3) is 5.91 Å². The maximum absolute atomic E-state index is 11.1. The van der Waals surface area contributed by atoms with Gasteiger partial charge in [0.05, 0.1) is 12.4 Å². The van der Waals surface area contributed by atoms with Gasteiger partial charge in [0.15, 0.2) is 0 Å². The molecule has 0 unspecified atom stereocenters. The fourth-order valence-corrected chi connectivity index (χ4v) is 2.71. The molecule has 2 N–H and O–H groups in total. The first-order chi connectivity index (χ1) is 8.89. The van der Waals surface area contributed by atoms with E-state index in [-0.39, 0.29) is 11.1 Å². The van der Waals surface area contributed by atoms with Crippen molar-refractivity contribution in [3.8, 4) is 0 Å². The first-order valence-electron chi connectivity index (χ1n) is 6.41. The molecule has 1 saturated heterocycles. The summed E-state index contributed by atoms with van der Waals surface area (Å²) in [7, 11) is 4.11. The number of carbonyl (C=O) groups is 1. The van der Waals surface area contributed by atoms with E-state index in [0.29, 0.717) is 5.82 Å². The summed E-state index contributed by atoms with van der Waals surface area (Å²) in [6, 6.07) is 0. The van der Waals surface area contributed by atoms with Gasteiger partial charge in [-0.05, 0) is 25.4 Å². The number of rotatable bonds is 4. The van der Waals surface area contributed by atoms with Gasteiger partial charge in [0.1, 0.15) is 11.5 Å². The van der Waals surface area contributed by atoms with Gasteiger partial charge in [-0.15, -0.1) is 0 Å². The lowest BCUT2D eigenvalue weighted by molar-refractivity contribution is 0.0995. The molecule has 1 aromatic rings. The van der Waals surface area contributed by atoms with Gasteiger partial charge in [0.2, 0.25) is 0 Å². The zero-order valence-electron chi connectivity index (χ0n) is 11.8. The summed E-state index contributed by atoms with van der Waals surface area (Å²) in [6.45, 7) is 5.35. The molecule has 6 heteroatoms. The molecule has 2 heterocycles. The van der Waals surface area contributed by atoms with Crippen LogP contribution in [0.15, 0.2) is 12.4 Å². The number of nitrogens with zero attached hydrogens (tertiary/aromatic N) is 4. The van der Waals surface area contributed by atoms with E-state index < -0.39 is 5.91 Å². The second-order valence-electron chi connectivity index (χ2n) is 5.78. The lowest BCUT2D eigenvalue weighted by Crippen LogP contribution is -2.36. The van der Waals surface area contributed by atoms with Crippen LogP contribution < -0.4 is 10.6 Å². The number of carbonyl (C=O) groups excluding carboxylic acids is 1. The third-order valence-electron chi connectivity index (χ3n) is 3.63. The first kappa shape index (κ1) is 13.7. The summed E-state index contributed by atoms with van der Waals surface area (Å²) in [5, 5.41) is 0. The molecule has 1 amide bonds. The fourth-order valence-electron chi connectivity index (χ4n) is 2.71. The van der Waals surface area contributed by atoms with Crippen LogP contribution in [0.2, 0.25) is 0 Å². The van der Waals surface area contributed by atoms with Crippen LogP contribution in [-0.4, -0.2) is 54.5 Å². The van der Waals surface area contributed by atoms with E-state index >= 15 is 0 Å². The van der Waals surface area contributed by atoms with Crippen LogP contribution >= 0.6 is 0 Å². The number of hydrogen-bond acceptors (Lipinski definition) is 5. The second-order valence-corrected chi connectivity index (χ2v) is 5.78. The van der Waals surface area contributed by atoms with Gasteiger partial charge in [-0.25, -0.2) is 4.98 Å². The van der Waals surface area contributed by atoms with Gasteiger partial charge in [-0.1, -0.05) is 6.92 Å². The fraction of sp³-hybridized carbons (Fsp3) is 0.615. The minimum absolute atomic E-state index is 0.207. The van der Waals surface area contributed by atoms with Crippen LogP contribution in [-0.2, 0) is 0 Å². The Hall–Kier alpha value is -1.69. The maximum Gasteiger partial charge on any atom is 0.268 e. The van der Waals surface area contributed by atoms with E-state index in [1.165, 1.54) is 6.20 Å². The molecule has 19 heavy (non-hydrogen) atoms. The van der Waals surface area contributed by atoms with Crippen molar-refractivity contribution in [3.05, 3.63) is 18.1 Å². The summed E-state index contributed by atoms with van der Waals surface area (Å²) in [5.41, 5.74) is 5.67. The van der Waals surface area contributed by atoms with Crippen LogP contribution in [0.25, 0.3) is 0 Å². The van der Waals surface area contributed by atoms with Crippen molar-refractivity contribution in [2.24, 2.45) is 11.1 Å². The Bertz CT molecular complexity index is 478. The Morgan fingerprint density at radius 3 is 2.89 bits per heavy atom. The molecule has 0 radical (unpaired) electrons. The number of primary amides is 1. The number of anilines is 1. The third-order valence-corrected chi connectivity index (χ3v) is 3.63. The van der Waals surface area contributed by atoms with Crippen LogP contribution in [0.1, 0.15) is 23.8 Å². The highest BCUT2D eigenvalue weighted by Crippen LogP contribution is 2.30. The monoisotopic (exact) mass is 263 g/mol. The third kappa shape index (κ3) is 3.20. The number of likely N-dealkylation sites (tertiary alicyclic amines) is 1. The Morgan fingerprint density at radius 2 is 2.32 bits per heavy atom. The molecule has 1 atom stereocenters. The van der Waals surface area contributed by atoms with E-state index in [2.05, 4.69) is 28.8 Å². The summed E-state index contributed by atoms with van der Waals surface area (Å²) >= 11 is 0. The van der Waals surface area contributed by atoms with Gasteiger partial charge in [-0.3, -0.25) is 9.78 Å². The van der Waals surface area contributed by atoms with E-state index in [4.69, 9.17) is 5.73 Å². The molecule has 1 aromatic heterocycles. The molecule has 0 spiro atoms. The minimum atomic E-state index is -0.547. The lowest BCUT2D eigenvalue weighted by Gasteiger charge is -2.30. The van der Waals surface area contributed by atoms with Gasteiger partial charge in [0, 0.05) is 20.1 Å². The van der Waals surface area contributed by atoms with Crippen molar-refractivity contribution >= 4 is 11.7 Å². The molecule has 0 aromatic carbocycles. The topological polar surface area (TPSA) is 75.3 Å². The van der Waals surface area contributed by atoms with E-state index in [1.807, 2.05) is 11.9 Å². The zero-order chi connectivity index (χ0) is 14.0. The average molecular weight is 263 g/mol. The molecular formula is C13H21N5O. The quantitative estimate of drug-likeness (QED) is 0.848. The van der Waals surface area contributed by atoms with Crippen LogP contribution in [0.4, 0.5) is 5.82 Å².